The summed E-state index contributed by atoms with van der Waals surface area (Å²) in [6, 6.07) is 3.88. The number of hydrogen-bond donors (Lipinski definition) is 1. The van der Waals surface area contributed by atoms with E-state index < -0.39 is 0 Å². The van der Waals surface area contributed by atoms with Gasteiger partial charge in [0.1, 0.15) is 11.5 Å². The molecule has 1 N–H and O–H groups in total. The molecule has 0 unspecified atom stereocenters. The first-order chi connectivity index (χ1) is 12.2. The van der Waals surface area contributed by atoms with Crippen LogP contribution >= 0.6 is 0 Å². The van der Waals surface area contributed by atoms with Crippen molar-refractivity contribution in [3.8, 4) is 11.5 Å². The summed E-state index contributed by atoms with van der Waals surface area (Å²) in [6.45, 7) is 8.07. The molecule has 1 aliphatic heterocycles. The molecule has 1 amide bonds. The molecule has 1 aromatic carbocycles. The standard InChI is InChI=1S/C19H28N2O4/c1-3-24-17-13-16(21-8-10-23-11-9-21)18(25-4-2)12-15(17)20-19(22)14-6-5-7-14/h12-14H,3-11H2,1-2H3,(H,20,22). The lowest BCUT2D eigenvalue weighted by atomic mass is 9.85. The largest absolute Gasteiger partial charge is 0.492 e. The van der Waals surface area contributed by atoms with E-state index in [1.54, 1.807) is 0 Å². The SMILES string of the molecule is CCOc1cc(N2CCOCC2)c(OCC)cc1NC(=O)C1CCC1. The van der Waals surface area contributed by atoms with E-state index in [2.05, 4.69) is 10.2 Å². The van der Waals surface area contributed by atoms with Gasteiger partial charge in [0, 0.05) is 31.1 Å². The first kappa shape index (κ1) is 17.9. The van der Waals surface area contributed by atoms with Crippen LogP contribution in [0.25, 0.3) is 0 Å². The predicted molar refractivity (Wildman–Crippen MR) is 97.8 cm³/mol. The lowest BCUT2D eigenvalue weighted by Crippen LogP contribution is -2.36. The Bertz CT molecular complexity index is 595. The van der Waals surface area contributed by atoms with Crippen LogP contribution in [0.1, 0.15) is 33.1 Å². The Balaban J connectivity index is 1.89. The third-order valence-corrected chi connectivity index (χ3v) is 4.75. The fourth-order valence-corrected chi connectivity index (χ4v) is 3.15. The van der Waals surface area contributed by atoms with Crippen molar-refractivity contribution in [2.75, 3.05) is 49.7 Å². The Kier molecular flexibility index (Phi) is 6.02. The van der Waals surface area contributed by atoms with Gasteiger partial charge in [-0.2, -0.15) is 0 Å². The van der Waals surface area contributed by atoms with Gasteiger partial charge in [0.15, 0.2) is 0 Å². The van der Waals surface area contributed by atoms with Crippen molar-refractivity contribution in [3.05, 3.63) is 12.1 Å². The van der Waals surface area contributed by atoms with E-state index in [0.29, 0.717) is 37.9 Å². The summed E-state index contributed by atoms with van der Waals surface area (Å²) in [5.74, 6) is 1.68. The van der Waals surface area contributed by atoms with E-state index in [9.17, 15) is 4.79 Å². The normalized spacial score (nSPS) is 17.8. The van der Waals surface area contributed by atoms with Crippen molar-refractivity contribution >= 4 is 17.3 Å². The van der Waals surface area contributed by atoms with Crippen LogP contribution < -0.4 is 19.7 Å². The lowest BCUT2D eigenvalue weighted by Gasteiger charge is -2.31. The highest BCUT2D eigenvalue weighted by Crippen LogP contribution is 2.40. The molecule has 1 heterocycles. The third kappa shape index (κ3) is 4.18. The van der Waals surface area contributed by atoms with Gasteiger partial charge >= 0.3 is 0 Å². The van der Waals surface area contributed by atoms with Crippen molar-refractivity contribution in [3.63, 3.8) is 0 Å². The highest BCUT2D eigenvalue weighted by Gasteiger charge is 2.27. The number of anilines is 2. The minimum absolute atomic E-state index is 0.0776. The van der Waals surface area contributed by atoms with Gasteiger partial charge in [-0.1, -0.05) is 6.42 Å². The molecule has 6 heteroatoms. The molecule has 1 saturated heterocycles. The molecule has 138 valence electrons. The Morgan fingerprint density at radius 1 is 1.16 bits per heavy atom. The van der Waals surface area contributed by atoms with E-state index >= 15 is 0 Å². The molecule has 2 aliphatic rings. The summed E-state index contributed by atoms with van der Waals surface area (Å²) in [5, 5.41) is 3.04. The zero-order chi connectivity index (χ0) is 17.6. The summed E-state index contributed by atoms with van der Waals surface area (Å²) >= 11 is 0. The van der Waals surface area contributed by atoms with Gasteiger partial charge in [-0.15, -0.1) is 0 Å². The van der Waals surface area contributed by atoms with Gasteiger partial charge in [0.25, 0.3) is 0 Å². The van der Waals surface area contributed by atoms with Crippen LogP contribution in [0.4, 0.5) is 11.4 Å². The summed E-state index contributed by atoms with van der Waals surface area (Å²) in [7, 11) is 0. The maximum atomic E-state index is 12.4. The van der Waals surface area contributed by atoms with E-state index in [1.165, 1.54) is 0 Å². The smallest absolute Gasteiger partial charge is 0.227 e. The molecular formula is C19H28N2O4. The Labute approximate surface area is 149 Å². The number of hydrogen-bond acceptors (Lipinski definition) is 5. The molecular weight excluding hydrogens is 320 g/mol. The maximum Gasteiger partial charge on any atom is 0.227 e. The highest BCUT2D eigenvalue weighted by atomic mass is 16.5. The van der Waals surface area contributed by atoms with Gasteiger partial charge in [0.05, 0.1) is 37.8 Å². The van der Waals surface area contributed by atoms with Crippen LogP contribution in [-0.4, -0.2) is 45.4 Å². The monoisotopic (exact) mass is 348 g/mol. The molecule has 2 fully saturated rings. The van der Waals surface area contributed by atoms with Crippen LogP contribution in [0.2, 0.25) is 0 Å². The van der Waals surface area contributed by atoms with E-state index in [0.717, 1.165) is 43.8 Å². The maximum absolute atomic E-state index is 12.4. The van der Waals surface area contributed by atoms with Crippen molar-refractivity contribution in [2.45, 2.75) is 33.1 Å². The van der Waals surface area contributed by atoms with Crippen LogP contribution in [0.15, 0.2) is 12.1 Å². The number of benzene rings is 1. The number of morpholine rings is 1. The summed E-state index contributed by atoms with van der Waals surface area (Å²) < 4.78 is 17.1. The molecule has 0 aromatic heterocycles. The van der Waals surface area contributed by atoms with Gasteiger partial charge in [-0.3, -0.25) is 4.79 Å². The molecule has 6 nitrogen and oxygen atoms in total. The lowest BCUT2D eigenvalue weighted by molar-refractivity contribution is -0.122. The highest BCUT2D eigenvalue weighted by molar-refractivity contribution is 5.95. The van der Waals surface area contributed by atoms with Crippen molar-refractivity contribution < 1.29 is 19.0 Å². The first-order valence-corrected chi connectivity index (χ1v) is 9.30. The minimum atomic E-state index is 0.0776. The second-order valence-electron chi connectivity index (χ2n) is 6.40. The summed E-state index contributed by atoms with van der Waals surface area (Å²) in [5.41, 5.74) is 1.69. The fourth-order valence-electron chi connectivity index (χ4n) is 3.15. The van der Waals surface area contributed by atoms with Gasteiger partial charge in [0.2, 0.25) is 5.91 Å². The van der Waals surface area contributed by atoms with Crippen LogP contribution in [-0.2, 0) is 9.53 Å². The first-order valence-electron chi connectivity index (χ1n) is 9.30. The molecule has 0 bridgehead atoms. The van der Waals surface area contributed by atoms with Gasteiger partial charge < -0.3 is 24.4 Å². The Morgan fingerprint density at radius 3 is 2.44 bits per heavy atom. The van der Waals surface area contributed by atoms with Gasteiger partial charge in [-0.05, 0) is 26.7 Å². The van der Waals surface area contributed by atoms with E-state index in [4.69, 9.17) is 14.2 Å². The Hall–Kier alpha value is -1.95. The average molecular weight is 348 g/mol. The number of nitrogens with zero attached hydrogens (tertiary/aromatic N) is 1. The molecule has 1 aromatic rings. The minimum Gasteiger partial charge on any atom is -0.492 e. The van der Waals surface area contributed by atoms with Crippen LogP contribution in [0, 0.1) is 5.92 Å². The summed E-state index contributed by atoms with van der Waals surface area (Å²) in [6.07, 6.45) is 3.08. The quantitative estimate of drug-likeness (QED) is 0.821. The molecule has 0 radical (unpaired) electrons. The second-order valence-corrected chi connectivity index (χ2v) is 6.40. The Morgan fingerprint density at radius 2 is 1.84 bits per heavy atom. The predicted octanol–water partition coefficient (Wildman–Crippen LogP) is 3.06. The van der Waals surface area contributed by atoms with Crippen LogP contribution in [0.3, 0.4) is 0 Å². The third-order valence-electron chi connectivity index (χ3n) is 4.75. The molecule has 25 heavy (non-hydrogen) atoms. The number of carbonyl (C=O) groups is 1. The van der Waals surface area contributed by atoms with Crippen molar-refractivity contribution in [2.24, 2.45) is 5.92 Å². The number of carbonyl (C=O) groups excluding carboxylic acids is 1. The molecule has 1 saturated carbocycles. The number of rotatable bonds is 7. The van der Waals surface area contributed by atoms with E-state index in [-0.39, 0.29) is 11.8 Å². The van der Waals surface area contributed by atoms with Gasteiger partial charge in [-0.25, -0.2) is 0 Å². The second kappa shape index (κ2) is 8.43. The number of ether oxygens (including phenoxy) is 3. The molecule has 0 atom stereocenters. The zero-order valence-electron chi connectivity index (χ0n) is 15.2. The average Bonchev–Trinajstić information content (AvgIpc) is 2.56. The topological polar surface area (TPSA) is 60.0 Å². The molecule has 3 rings (SSSR count). The number of nitrogens with one attached hydrogen (secondary N) is 1. The fraction of sp³-hybridized carbons (Fsp3) is 0.632. The molecule has 0 spiro atoms. The molecule has 1 aliphatic carbocycles. The summed E-state index contributed by atoms with van der Waals surface area (Å²) in [4.78, 5) is 14.6. The van der Waals surface area contributed by atoms with Crippen molar-refractivity contribution in [1.82, 2.24) is 0 Å². The van der Waals surface area contributed by atoms with Crippen molar-refractivity contribution in [1.29, 1.82) is 0 Å². The van der Waals surface area contributed by atoms with E-state index in [1.807, 2.05) is 26.0 Å². The zero-order valence-corrected chi connectivity index (χ0v) is 15.2. The van der Waals surface area contributed by atoms with Crippen LogP contribution in [0.5, 0.6) is 11.5 Å². The number of amides is 1.